The van der Waals surface area contributed by atoms with Gasteiger partial charge in [0.2, 0.25) is 0 Å². The van der Waals surface area contributed by atoms with Gasteiger partial charge in [0.05, 0.1) is 5.69 Å². The Bertz CT molecular complexity index is 1130. The molecule has 0 amide bonds. The number of aromatic nitrogens is 3. The highest BCUT2D eigenvalue weighted by Gasteiger charge is 2.40. The van der Waals surface area contributed by atoms with Crippen LogP contribution in [0.15, 0.2) is 45.4 Å². The molecule has 3 aromatic rings. The lowest BCUT2D eigenvalue weighted by Crippen LogP contribution is -2.49. The second kappa shape index (κ2) is 6.97. The maximum atomic E-state index is 12.6. The Kier molecular flexibility index (Phi) is 4.44. The highest BCUT2D eigenvalue weighted by molar-refractivity contribution is 7.15. The Morgan fingerprint density at radius 2 is 2.11 bits per heavy atom. The van der Waals surface area contributed by atoms with Crippen LogP contribution in [0.4, 0.5) is 0 Å². The summed E-state index contributed by atoms with van der Waals surface area (Å²) in [5.74, 6) is 0.838. The number of likely N-dealkylation sites (tertiary alicyclic amines) is 1. The van der Waals surface area contributed by atoms with Crippen molar-refractivity contribution in [2.45, 2.75) is 44.7 Å². The topological polar surface area (TPSA) is 59.6 Å². The highest BCUT2D eigenvalue weighted by Crippen LogP contribution is 2.42. The summed E-state index contributed by atoms with van der Waals surface area (Å²) in [6, 6.07) is 7.64. The first-order valence-corrected chi connectivity index (χ1v) is 10.9. The van der Waals surface area contributed by atoms with Crippen LogP contribution < -0.4 is 11.1 Å². The molecule has 0 spiro atoms. The molecule has 6 nitrogen and oxygen atoms in total. The zero-order chi connectivity index (χ0) is 19.3. The van der Waals surface area contributed by atoms with Crippen molar-refractivity contribution >= 4 is 16.3 Å². The highest BCUT2D eigenvalue weighted by atomic mass is 32.1. The summed E-state index contributed by atoms with van der Waals surface area (Å²) in [6.45, 7) is 4.73. The van der Waals surface area contributed by atoms with E-state index in [0.717, 1.165) is 43.0 Å². The largest absolute Gasteiger partial charge is 0.309 e. The molecule has 3 atom stereocenters. The fourth-order valence-corrected chi connectivity index (χ4v) is 5.87. The molecule has 1 fully saturated rings. The van der Waals surface area contributed by atoms with Crippen molar-refractivity contribution < 1.29 is 0 Å². The molecule has 2 bridgehead atoms. The lowest BCUT2D eigenvalue weighted by Gasteiger charge is -2.47. The summed E-state index contributed by atoms with van der Waals surface area (Å²) in [5, 5.41) is 1.89. The third kappa shape index (κ3) is 2.93. The summed E-state index contributed by atoms with van der Waals surface area (Å²) < 4.78 is 3.67. The fraction of sp³-hybridized carbons (Fsp3) is 0.476. The van der Waals surface area contributed by atoms with Gasteiger partial charge < -0.3 is 4.57 Å². The van der Waals surface area contributed by atoms with Gasteiger partial charge in [0.25, 0.3) is 11.1 Å². The Labute approximate surface area is 167 Å². The number of piperidine rings is 1. The van der Waals surface area contributed by atoms with E-state index in [4.69, 9.17) is 0 Å². The van der Waals surface area contributed by atoms with Crippen LogP contribution in [0.2, 0.25) is 0 Å². The lowest BCUT2D eigenvalue weighted by atomic mass is 9.77. The molecular formula is C21H24N4O2S. The van der Waals surface area contributed by atoms with Crippen molar-refractivity contribution in [2.75, 3.05) is 13.1 Å². The number of nitrogens with zero attached hydrogens (tertiary/aromatic N) is 4. The number of rotatable bonds is 4. The van der Waals surface area contributed by atoms with Crippen LogP contribution in [0.3, 0.4) is 0 Å². The van der Waals surface area contributed by atoms with E-state index in [2.05, 4.69) is 27.4 Å². The first-order valence-electron chi connectivity index (χ1n) is 10.0. The molecule has 0 radical (unpaired) electrons. The van der Waals surface area contributed by atoms with Gasteiger partial charge in [-0.15, -0.1) is 11.3 Å². The summed E-state index contributed by atoms with van der Waals surface area (Å²) in [6.07, 6.45) is 5.02. The van der Waals surface area contributed by atoms with Gasteiger partial charge in [-0.25, -0.2) is 4.98 Å². The maximum Gasteiger partial charge on any atom is 0.258 e. The predicted octanol–water partition coefficient (Wildman–Crippen LogP) is 2.88. The molecule has 0 N–H and O–H groups in total. The van der Waals surface area contributed by atoms with Crippen molar-refractivity contribution in [1.29, 1.82) is 0 Å². The number of hydrogen-bond acceptors (Lipinski definition) is 5. The Morgan fingerprint density at radius 1 is 1.21 bits per heavy atom. The molecule has 1 saturated heterocycles. The van der Waals surface area contributed by atoms with Gasteiger partial charge in [-0.2, -0.15) is 0 Å². The molecule has 28 heavy (non-hydrogen) atoms. The van der Waals surface area contributed by atoms with E-state index < -0.39 is 0 Å². The molecule has 5 rings (SSSR count). The number of fused-ring (bicyclic) bond motifs is 5. The molecule has 0 aliphatic carbocycles. The summed E-state index contributed by atoms with van der Waals surface area (Å²) in [5.41, 5.74) is 2.13. The van der Waals surface area contributed by atoms with Crippen LogP contribution in [0.1, 0.15) is 49.5 Å². The third-order valence-electron chi connectivity index (χ3n) is 6.20. The van der Waals surface area contributed by atoms with Crippen molar-refractivity contribution in [2.24, 2.45) is 5.92 Å². The molecule has 5 heterocycles. The van der Waals surface area contributed by atoms with Crippen LogP contribution in [0.25, 0.3) is 4.96 Å². The first kappa shape index (κ1) is 17.8. The van der Waals surface area contributed by atoms with E-state index in [1.54, 1.807) is 22.7 Å². The summed E-state index contributed by atoms with van der Waals surface area (Å²) in [7, 11) is 0. The van der Waals surface area contributed by atoms with E-state index in [1.807, 2.05) is 11.4 Å². The molecule has 2 aliphatic rings. The third-order valence-corrected chi connectivity index (χ3v) is 6.96. The van der Waals surface area contributed by atoms with Gasteiger partial charge >= 0.3 is 0 Å². The van der Waals surface area contributed by atoms with Crippen molar-refractivity contribution in [1.82, 2.24) is 18.9 Å². The van der Waals surface area contributed by atoms with Gasteiger partial charge in [0, 0.05) is 61.0 Å². The molecule has 0 saturated carbocycles. The Balaban J connectivity index is 1.46. The van der Waals surface area contributed by atoms with E-state index in [9.17, 15) is 9.59 Å². The quantitative estimate of drug-likeness (QED) is 0.680. The lowest BCUT2D eigenvalue weighted by molar-refractivity contribution is 0.0809. The van der Waals surface area contributed by atoms with Crippen molar-refractivity contribution in [3.8, 4) is 0 Å². The van der Waals surface area contributed by atoms with Crippen LogP contribution in [0, 0.1) is 5.92 Å². The normalized spacial score (nSPS) is 24.4. The molecule has 7 heteroatoms. The number of hydrogen-bond donors (Lipinski definition) is 0. The minimum absolute atomic E-state index is 0.0146. The molecular weight excluding hydrogens is 372 g/mol. The van der Waals surface area contributed by atoms with Gasteiger partial charge in [-0.1, -0.05) is 19.4 Å². The van der Waals surface area contributed by atoms with Crippen LogP contribution in [-0.2, 0) is 6.54 Å². The smallest absolute Gasteiger partial charge is 0.258 e. The average molecular weight is 397 g/mol. The van der Waals surface area contributed by atoms with E-state index in [0.29, 0.717) is 18.4 Å². The molecule has 0 unspecified atom stereocenters. The average Bonchev–Trinajstić information content (AvgIpc) is 3.14. The first-order chi connectivity index (χ1) is 13.6. The summed E-state index contributed by atoms with van der Waals surface area (Å²) in [4.78, 5) is 32.8. The molecule has 2 aliphatic heterocycles. The zero-order valence-corrected chi connectivity index (χ0v) is 16.8. The number of thiazole rings is 1. The SMILES string of the molecule is CCC[C@H]1[C@H]2C[C@H](CN(Cc3cc(=O)n4ccsc4n3)C2)c2cccc(=O)n21. The zero-order valence-electron chi connectivity index (χ0n) is 16.0. The van der Waals surface area contributed by atoms with Gasteiger partial charge in [-0.3, -0.25) is 18.9 Å². The van der Waals surface area contributed by atoms with Crippen molar-refractivity contribution in [3.63, 3.8) is 0 Å². The van der Waals surface area contributed by atoms with E-state index in [-0.39, 0.29) is 17.2 Å². The van der Waals surface area contributed by atoms with Crippen LogP contribution >= 0.6 is 11.3 Å². The second-order valence-electron chi connectivity index (χ2n) is 8.04. The standard InChI is InChI=1S/C21H24N4O2S/c1-2-4-17-14-9-15(18-5-3-6-19(26)25(17)18)12-23(11-14)13-16-10-20(27)24-7-8-28-21(24)22-16/h3,5-8,10,14-15,17H,2,4,9,11-13H2,1H3/t14-,15+,17-/m0/s1. The van der Waals surface area contributed by atoms with E-state index in [1.165, 1.54) is 17.0 Å². The second-order valence-corrected chi connectivity index (χ2v) is 8.92. The van der Waals surface area contributed by atoms with E-state index >= 15 is 0 Å². The summed E-state index contributed by atoms with van der Waals surface area (Å²) >= 11 is 1.49. The molecule has 146 valence electrons. The fourth-order valence-electron chi connectivity index (χ4n) is 5.13. The Morgan fingerprint density at radius 3 is 2.96 bits per heavy atom. The minimum Gasteiger partial charge on any atom is -0.309 e. The molecule has 3 aromatic heterocycles. The van der Waals surface area contributed by atoms with Crippen molar-refractivity contribution in [3.05, 3.63) is 67.9 Å². The van der Waals surface area contributed by atoms with Gasteiger partial charge in [0.15, 0.2) is 4.96 Å². The van der Waals surface area contributed by atoms with Crippen LogP contribution in [0.5, 0.6) is 0 Å². The minimum atomic E-state index is -0.0146. The molecule has 0 aromatic carbocycles. The predicted molar refractivity (Wildman–Crippen MR) is 110 cm³/mol. The van der Waals surface area contributed by atoms with Gasteiger partial charge in [-0.05, 0) is 24.8 Å². The monoisotopic (exact) mass is 396 g/mol. The Hall–Kier alpha value is -2.25. The number of pyridine rings is 1. The maximum absolute atomic E-state index is 12.6. The van der Waals surface area contributed by atoms with Gasteiger partial charge in [0.1, 0.15) is 0 Å². The van der Waals surface area contributed by atoms with Crippen LogP contribution in [-0.4, -0.2) is 31.9 Å².